The summed E-state index contributed by atoms with van der Waals surface area (Å²) in [5, 5.41) is 0. The van der Waals surface area contributed by atoms with Crippen LogP contribution in [-0.4, -0.2) is 4.57 Å². The van der Waals surface area contributed by atoms with Gasteiger partial charge in [-0.25, -0.2) is 9.13 Å². The highest BCUT2D eigenvalue weighted by Crippen LogP contribution is 2.10. The average molecular weight is 301 g/mol. The number of aryl methyl sites for hydroxylation is 1. The molecule has 0 bridgehead atoms. The summed E-state index contributed by atoms with van der Waals surface area (Å²) in [6.45, 7) is 0. The summed E-state index contributed by atoms with van der Waals surface area (Å²) < 4.78 is 4.01. The normalized spacial score (nSPS) is 9.50. The van der Waals surface area contributed by atoms with Gasteiger partial charge in [-0.2, -0.15) is 0 Å². The van der Waals surface area contributed by atoms with E-state index in [4.69, 9.17) is 5.73 Å². The van der Waals surface area contributed by atoms with E-state index in [1.54, 1.807) is 0 Å². The lowest BCUT2D eigenvalue weighted by molar-refractivity contribution is -0.670. The van der Waals surface area contributed by atoms with Crippen LogP contribution in [0.4, 0.5) is 5.69 Å². The number of benzene rings is 1. The first-order valence-corrected chi connectivity index (χ1v) is 4.15. The van der Waals surface area contributed by atoms with E-state index in [9.17, 15) is 0 Å². The van der Waals surface area contributed by atoms with E-state index in [0.29, 0.717) is 0 Å². The van der Waals surface area contributed by atoms with E-state index in [0.717, 1.165) is 11.4 Å². The Labute approximate surface area is 100 Å². The van der Waals surface area contributed by atoms with Gasteiger partial charge in [0.05, 0.1) is 7.05 Å². The fourth-order valence-corrected chi connectivity index (χ4v) is 1.29. The zero-order valence-electron chi connectivity index (χ0n) is 7.89. The van der Waals surface area contributed by atoms with E-state index >= 15 is 0 Å². The SMILES string of the molecule is C[n+]1ccn(-c2cccc(N)c2)c1.[I-]. The van der Waals surface area contributed by atoms with Crippen molar-refractivity contribution in [2.45, 2.75) is 0 Å². The Morgan fingerprint density at radius 1 is 1.36 bits per heavy atom. The molecule has 74 valence electrons. The molecule has 0 amide bonds. The molecule has 3 nitrogen and oxygen atoms in total. The van der Waals surface area contributed by atoms with Crippen molar-refractivity contribution in [1.29, 1.82) is 0 Å². The molecule has 14 heavy (non-hydrogen) atoms. The zero-order valence-corrected chi connectivity index (χ0v) is 10.0. The van der Waals surface area contributed by atoms with Crippen molar-refractivity contribution in [2.75, 3.05) is 5.73 Å². The third-order valence-corrected chi connectivity index (χ3v) is 1.94. The maximum absolute atomic E-state index is 5.68. The lowest BCUT2D eigenvalue weighted by atomic mass is 10.3. The first kappa shape index (κ1) is 11.0. The third-order valence-electron chi connectivity index (χ3n) is 1.94. The highest BCUT2D eigenvalue weighted by atomic mass is 127. The summed E-state index contributed by atoms with van der Waals surface area (Å²) in [7, 11) is 1.99. The Morgan fingerprint density at radius 2 is 2.14 bits per heavy atom. The second-order valence-corrected chi connectivity index (χ2v) is 3.08. The molecule has 2 N–H and O–H groups in total. The van der Waals surface area contributed by atoms with Gasteiger partial charge in [-0.1, -0.05) is 6.07 Å². The Morgan fingerprint density at radius 3 is 2.71 bits per heavy atom. The predicted molar refractivity (Wildman–Crippen MR) is 51.4 cm³/mol. The third kappa shape index (κ3) is 2.25. The molecule has 2 rings (SSSR count). The van der Waals surface area contributed by atoms with Gasteiger partial charge in [0.2, 0.25) is 6.33 Å². The monoisotopic (exact) mass is 301 g/mol. The molecule has 0 radical (unpaired) electrons. The van der Waals surface area contributed by atoms with Crippen LogP contribution in [0.2, 0.25) is 0 Å². The molecule has 1 aromatic heterocycles. The van der Waals surface area contributed by atoms with Gasteiger partial charge in [-0.05, 0) is 12.1 Å². The van der Waals surface area contributed by atoms with Crippen LogP contribution in [0.15, 0.2) is 43.0 Å². The number of hydrogen-bond acceptors (Lipinski definition) is 1. The van der Waals surface area contributed by atoms with E-state index in [1.807, 2.05) is 59.2 Å². The van der Waals surface area contributed by atoms with Crippen LogP contribution in [-0.2, 0) is 7.05 Å². The molecule has 1 heterocycles. The highest BCUT2D eigenvalue weighted by molar-refractivity contribution is 5.47. The molecular formula is C10H12IN3. The fourth-order valence-electron chi connectivity index (χ4n) is 1.29. The number of halogens is 1. The summed E-state index contributed by atoms with van der Waals surface area (Å²) in [4.78, 5) is 0. The molecule has 4 heteroatoms. The summed E-state index contributed by atoms with van der Waals surface area (Å²) >= 11 is 0. The average Bonchev–Trinajstić information content (AvgIpc) is 2.52. The number of nitrogens with two attached hydrogens (primary N) is 1. The molecule has 0 aliphatic heterocycles. The van der Waals surface area contributed by atoms with E-state index in [1.165, 1.54) is 0 Å². The number of hydrogen-bond donors (Lipinski definition) is 1. The Kier molecular flexibility index (Phi) is 3.51. The maximum Gasteiger partial charge on any atom is 0.248 e. The maximum atomic E-state index is 5.68. The Bertz CT molecular complexity index is 423. The number of rotatable bonds is 1. The van der Waals surface area contributed by atoms with Crippen LogP contribution < -0.4 is 34.3 Å². The first-order chi connectivity index (χ1) is 6.25. The zero-order chi connectivity index (χ0) is 9.26. The quantitative estimate of drug-likeness (QED) is 0.365. The number of nitrogens with zero attached hydrogens (tertiary/aromatic N) is 2. The molecule has 0 saturated heterocycles. The largest absolute Gasteiger partial charge is 1.00 e. The van der Waals surface area contributed by atoms with Crippen molar-refractivity contribution in [1.82, 2.24) is 4.57 Å². The molecule has 1 aromatic carbocycles. The van der Waals surface area contributed by atoms with Gasteiger partial charge in [0.25, 0.3) is 0 Å². The van der Waals surface area contributed by atoms with Crippen molar-refractivity contribution >= 4 is 5.69 Å². The Hall–Kier alpha value is -1.04. The topological polar surface area (TPSA) is 34.8 Å². The van der Waals surface area contributed by atoms with E-state index in [2.05, 4.69) is 0 Å². The van der Waals surface area contributed by atoms with Gasteiger partial charge in [-0.3, -0.25) is 0 Å². The van der Waals surface area contributed by atoms with Gasteiger partial charge in [-0.15, -0.1) is 0 Å². The summed E-state index contributed by atoms with van der Waals surface area (Å²) in [6, 6.07) is 7.80. The van der Waals surface area contributed by atoms with Crippen LogP contribution in [0.3, 0.4) is 0 Å². The van der Waals surface area contributed by atoms with Gasteiger partial charge >= 0.3 is 0 Å². The summed E-state index contributed by atoms with van der Waals surface area (Å²) in [6.07, 6.45) is 5.98. The molecule has 0 fully saturated rings. The number of imidazole rings is 1. The highest BCUT2D eigenvalue weighted by Gasteiger charge is 2.02. The first-order valence-electron chi connectivity index (χ1n) is 4.15. The smallest absolute Gasteiger partial charge is 0.248 e. The van der Waals surface area contributed by atoms with Crippen LogP contribution in [0.25, 0.3) is 5.69 Å². The van der Waals surface area contributed by atoms with Gasteiger partial charge in [0.15, 0.2) is 0 Å². The molecule has 2 aromatic rings. The van der Waals surface area contributed by atoms with E-state index < -0.39 is 0 Å². The van der Waals surface area contributed by atoms with Gasteiger partial charge in [0.1, 0.15) is 18.1 Å². The van der Waals surface area contributed by atoms with Crippen molar-refractivity contribution < 1.29 is 28.5 Å². The minimum Gasteiger partial charge on any atom is -1.00 e. The predicted octanol–water partition coefficient (Wildman–Crippen LogP) is -2.11. The Balaban J connectivity index is 0.000000980. The minimum absolute atomic E-state index is 0. The second-order valence-electron chi connectivity index (χ2n) is 3.08. The van der Waals surface area contributed by atoms with Crippen molar-refractivity contribution in [3.05, 3.63) is 43.0 Å². The molecule has 0 spiro atoms. The van der Waals surface area contributed by atoms with Gasteiger partial charge < -0.3 is 29.7 Å². The molecule has 0 atom stereocenters. The van der Waals surface area contributed by atoms with E-state index in [-0.39, 0.29) is 24.0 Å². The number of aromatic nitrogens is 2. The molecular weight excluding hydrogens is 289 g/mol. The van der Waals surface area contributed by atoms with Crippen LogP contribution in [0, 0.1) is 0 Å². The van der Waals surface area contributed by atoms with Crippen LogP contribution in [0.1, 0.15) is 0 Å². The fraction of sp³-hybridized carbons (Fsp3) is 0.100. The standard InChI is InChI=1S/C10H12N3.HI/c1-12-5-6-13(8-12)10-4-2-3-9(11)7-10;/h2-8H,11H2,1H3;1H/q+1;/p-1. The lowest BCUT2D eigenvalue weighted by Crippen LogP contribution is -3.00. The van der Waals surface area contributed by atoms with Crippen LogP contribution >= 0.6 is 0 Å². The number of anilines is 1. The summed E-state index contributed by atoms with van der Waals surface area (Å²) in [5.74, 6) is 0. The molecule has 0 aliphatic rings. The van der Waals surface area contributed by atoms with Crippen LogP contribution in [0.5, 0.6) is 0 Å². The van der Waals surface area contributed by atoms with Crippen molar-refractivity contribution in [3.63, 3.8) is 0 Å². The molecule has 0 aliphatic carbocycles. The minimum atomic E-state index is 0. The lowest BCUT2D eigenvalue weighted by Gasteiger charge is -1.96. The second kappa shape index (κ2) is 4.45. The summed E-state index contributed by atoms with van der Waals surface area (Å²) in [5.41, 5.74) is 7.55. The molecule has 0 saturated carbocycles. The van der Waals surface area contributed by atoms with Gasteiger partial charge in [0, 0.05) is 11.8 Å². The molecule has 0 unspecified atom stereocenters. The number of nitrogen functional groups attached to an aromatic ring is 1. The van der Waals surface area contributed by atoms with Crippen molar-refractivity contribution in [3.8, 4) is 5.69 Å². The van der Waals surface area contributed by atoms with Crippen molar-refractivity contribution in [2.24, 2.45) is 7.05 Å².